The highest BCUT2D eigenvalue weighted by molar-refractivity contribution is 5.76. The molecule has 5 nitrogen and oxygen atoms in total. The fourth-order valence-corrected chi connectivity index (χ4v) is 5.86. The van der Waals surface area contributed by atoms with Gasteiger partial charge in [0.2, 0.25) is 5.91 Å². The first-order valence-electron chi connectivity index (χ1n) is 19.8. The predicted octanol–water partition coefficient (Wildman–Crippen LogP) is 10.8. The van der Waals surface area contributed by atoms with Crippen LogP contribution in [0.25, 0.3) is 0 Å². The zero-order chi connectivity index (χ0) is 33.8. The molecule has 3 unspecified atom stereocenters. The van der Waals surface area contributed by atoms with E-state index in [1.807, 2.05) is 6.08 Å². The smallest absolute Gasteiger partial charge is 0.222 e. The van der Waals surface area contributed by atoms with Crippen molar-refractivity contribution in [2.45, 2.75) is 212 Å². The largest absolute Gasteiger partial charge is 0.394 e. The highest BCUT2D eigenvalue weighted by atomic mass is 16.3. The first-order valence-corrected chi connectivity index (χ1v) is 19.8. The second kappa shape index (κ2) is 36.4. The van der Waals surface area contributed by atoms with Gasteiger partial charge in [0.15, 0.2) is 0 Å². The monoisotopic (exact) mass is 648 g/mol. The molecule has 3 atom stereocenters. The Morgan fingerprint density at radius 3 is 1.43 bits per heavy atom. The van der Waals surface area contributed by atoms with E-state index in [1.165, 1.54) is 141 Å². The maximum atomic E-state index is 12.4. The third kappa shape index (κ3) is 32.5. The Labute approximate surface area is 285 Å². The molecule has 5 heteroatoms. The number of aliphatic hydroxyl groups excluding tert-OH is 3. The number of aliphatic hydroxyl groups is 3. The van der Waals surface area contributed by atoms with E-state index in [2.05, 4.69) is 43.5 Å². The number of nitrogens with one attached hydrogen (secondary N) is 1. The maximum absolute atomic E-state index is 12.4. The van der Waals surface area contributed by atoms with E-state index in [1.54, 1.807) is 6.08 Å². The molecular formula is C41H77NO4. The van der Waals surface area contributed by atoms with Crippen LogP contribution in [0.15, 0.2) is 36.5 Å². The van der Waals surface area contributed by atoms with Crippen molar-refractivity contribution in [1.82, 2.24) is 5.32 Å². The zero-order valence-electron chi connectivity index (χ0n) is 30.5. The number of rotatable bonds is 35. The van der Waals surface area contributed by atoms with Crippen LogP contribution >= 0.6 is 0 Å². The number of allylic oxidation sites excluding steroid dienone is 5. The van der Waals surface area contributed by atoms with Crippen molar-refractivity contribution in [2.24, 2.45) is 0 Å². The molecule has 0 aliphatic heterocycles. The summed E-state index contributed by atoms with van der Waals surface area (Å²) in [6.07, 6.45) is 44.1. The minimum atomic E-state index is -0.929. The van der Waals surface area contributed by atoms with Crippen molar-refractivity contribution in [3.63, 3.8) is 0 Å². The summed E-state index contributed by atoms with van der Waals surface area (Å²) in [4.78, 5) is 12.4. The normalized spacial score (nSPS) is 14.1. The van der Waals surface area contributed by atoms with Gasteiger partial charge in [-0.15, -0.1) is 0 Å². The van der Waals surface area contributed by atoms with E-state index in [0.717, 1.165) is 25.7 Å². The van der Waals surface area contributed by atoms with E-state index in [4.69, 9.17) is 0 Å². The first kappa shape index (κ1) is 44.6. The van der Waals surface area contributed by atoms with E-state index >= 15 is 0 Å². The molecule has 1 amide bonds. The van der Waals surface area contributed by atoms with E-state index in [0.29, 0.717) is 6.42 Å². The quantitative estimate of drug-likeness (QED) is 0.0313. The summed E-state index contributed by atoms with van der Waals surface area (Å²) in [7, 11) is 0. The molecule has 0 saturated carbocycles. The number of carbonyl (C=O) groups is 1. The third-order valence-corrected chi connectivity index (χ3v) is 8.95. The van der Waals surface area contributed by atoms with Crippen molar-refractivity contribution in [2.75, 3.05) is 6.61 Å². The molecule has 0 radical (unpaired) electrons. The minimum Gasteiger partial charge on any atom is -0.394 e. The molecule has 0 fully saturated rings. The molecule has 0 aliphatic rings. The number of unbranched alkanes of at least 4 members (excludes halogenated alkanes) is 23. The summed E-state index contributed by atoms with van der Waals surface area (Å²) in [5.41, 5.74) is 0. The lowest BCUT2D eigenvalue weighted by atomic mass is 10.0. The average molecular weight is 648 g/mol. The van der Waals surface area contributed by atoms with Gasteiger partial charge < -0.3 is 20.6 Å². The molecule has 0 rings (SSSR count). The Hall–Kier alpha value is -1.43. The van der Waals surface area contributed by atoms with Gasteiger partial charge >= 0.3 is 0 Å². The van der Waals surface area contributed by atoms with Crippen LogP contribution in [0.2, 0.25) is 0 Å². The van der Waals surface area contributed by atoms with Crippen LogP contribution in [0.5, 0.6) is 0 Å². The average Bonchev–Trinajstić information content (AvgIpc) is 3.05. The Bertz CT molecular complexity index is 719. The lowest BCUT2D eigenvalue weighted by Gasteiger charge is -2.21. The van der Waals surface area contributed by atoms with Crippen LogP contribution in [-0.2, 0) is 4.79 Å². The molecule has 0 aromatic heterocycles. The highest BCUT2D eigenvalue weighted by Crippen LogP contribution is 2.14. The lowest BCUT2D eigenvalue weighted by Crippen LogP contribution is -2.45. The third-order valence-electron chi connectivity index (χ3n) is 8.95. The van der Waals surface area contributed by atoms with Gasteiger partial charge in [-0.25, -0.2) is 0 Å². The van der Waals surface area contributed by atoms with Gasteiger partial charge in [-0.05, 0) is 44.9 Å². The molecule has 0 spiro atoms. The second-order valence-electron chi connectivity index (χ2n) is 13.6. The molecule has 46 heavy (non-hydrogen) atoms. The molecule has 0 aliphatic carbocycles. The highest BCUT2D eigenvalue weighted by Gasteiger charge is 2.20. The maximum Gasteiger partial charge on any atom is 0.222 e. The van der Waals surface area contributed by atoms with Gasteiger partial charge in [0.1, 0.15) is 0 Å². The van der Waals surface area contributed by atoms with Crippen LogP contribution in [0.1, 0.15) is 194 Å². The van der Waals surface area contributed by atoms with E-state index in [9.17, 15) is 20.1 Å². The van der Waals surface area contributed by atoms with Crippen molar-refractivity contribution < 1.29 is 20.1 Å². The molecule has 270 valence electrons. The Morgan fingerprint density at radius 1 is 0.565 bits per heavy atom. The van der Waals surface area contributed by atoms with Crippen LogP contribution in [0, 0.1) is 0 Å². The van der Waals surface area contributed by atoms with Crippen LogP contribution in [-0.4, -0.2) is 46.1 Å². The standard InChI is InChI=1S/C41H77NO4/c1-3-5-7-9-11-13-15-17-19-20-21-22-24-26-28-30-32-34-38(44)36-41(46)42-39(37-43)40(45)35-33-31-29-27-25-23-18-16-14-12-10-8-6-4-2/h11,13,15,17,33,35,38-40,43-45H,3-10,12,14,16,18-32,34,36-37H2,1-2H3,(H,42,46)/b13-11-,17-15-,35-33+. The van der Waals surface area contributed by atoms with Gasteiger partial charge in [0, 0.05) is 0 Å². The lowest BCUT2D eigenvalue weighted by molar-refractivity contribution is -0.124. The molecular weight excluding hydrogens is 570 g/mol. The van der Waals surface area contributed by atoms with Gasteiger partial charge in [-0.1, -0.05) is 179 Å². The Kier molecular flexibility index (Phi) is 35.3. The van der Waals surface area contributed by atoms with Gasteiger partial charge in [-0.2, -0.15) is 0 Å². The van der Waals surface area contributed by atoms with Crippen molar-refractivity contribution in [3.05, 3.63) is 36.5 Å². The second-order valence-corrected chi connectivity index (χ2v) is 13.6. The molecule has 0 aromatic carbocycles. The van der Waals surface area contributed by atoms with E-state index in [-0.39, 0.29) is 18.9 Å². The molecule has 0 aromatic rings. The van der Waals surface area contributed by atoms with E-state index < -0.39 is 18.2 Å². The Balaban J connectivity index is 3.73. The number of carbonyl (C=O) groups excluding carboxylic acids is 1. The number of amides is 1. The summed E-state index contributed by atoms with van der Waals surface area (Å²) in [5.74, 6) is -0.321. The summed E-state index contributed by atoms with van der Waals surface area (Å²) >= 11 is 0. The van der Waals surface area contributed by atoms with Gasteiger partial charge in [0.25, 0.3) is 0 Å². The summed E-state index contributed by atoms with van der Waals surface area (Å²) < 4.78 is 0. The molecule has 0 saturated heterocycles. The van der Waals surface area contributed by atoms with Crippen LogP contribution < -0.4 is 5.32 Å². The minimum absolute atomic E-state index is 0.00882. The van der Waals surface area contributed by atoms with Gasteiger partial charge in [-0.3, -0.25) is 4.79 Å². The summed E-state index contributed by atoms with van der Waals surface area (Å²) in [6, 6.07) is -0.744. The summed E-state index contributed by atoms with van der Waals surface area (Å²) in [6.45, 7) is 4.17. The van der Waals surface area contributed by atoms with Crippen molar-refractivity contribution in [3.8, 4) is 0 Å². The molecule has 0 heterocycles. The van der Waals surface area contributed by atoms with Crippen LogP contribution in [0.4, 0.5) is 0 Å². The van der Waals surface area contributed by atoms with Crippen LogP contribution in [0.3, 0.4) is 0 Å². The van der Waals surface area contributed by atoms with Crippen molar-refractivity contribution in [1.29, 1.82) is 0 Å². The molecule has 4 N–H and O–H groups in total. The van der Waals surface area contributed by atoms with Gasteiger partial charge in [0.05, 0.1) is 31.3 Å². The Morgan fingerprint density at radius 2 is 0.957 bits per heavy atom. The fraction of sp³-hybridized carbons (Fsp3) is 0.829. The van der Waals surface area contributed by atoms with Crippen molar-refractivity contribution >= 4 is 5.91 Å². The fourth-order valence-electron chi connectivity index (χ4n) is 5.86. The first-order chi connectivity index (χ1) is 22.5. The zero-order valence-corrected chi connectivity index (χ0v) is 30.5. The number of hydrogen-bond acceptors (Lipinski definition) is 4. The SMILES string of the molecule is CCCCC/C=C\C=C/CCCCCCCCCCC(O)CC(=O)NC(CO)C(O)/C=C/CCCCCCCCCCCCCC. The predicted molar refractivity (Wildman–Crippen MR) is 199 cm³/mol. The molecule has 0 bridgehead atoms. The number of hydrogen-bond donors (Lipinski definition) is 4. The summed E-state index contributed by atoms with van der Waals surface area (Å²) in [5, 5.41) is 33.1. The topological polar surface area (TPSA) is 89.8 Å².